The Labute approximate surface area is 204 Å². The second-order valence-corrected chi connectivity index (χ2v) is 8.16. The summed E-state index contributed by atoms with van der Waals surface area (Å²) in [6, 6.07) is 10.1. The molecule has 3 amide bonds. The molecule has 3 rings (SSSR count). The summed E-state index contributed by atoms with van der Waals surface area (Å²) in [6.45, 7) is 0.212. The lowest BCUT2D eigenvalue weighted by Gasteiger charge is -2.27. The van der Waals surface area contributed by atoms with Gasteiger partial charge in [-0.1, -0.05) is 23.7 Å². The molecule has 2 aromatic carbocycles. The Morgan fingerprint density at radius 3 is 2.74 bits per heavy atom. The summed E-state index contributed by atoms with van der Waals surface area (Å²) in [5.74, 6) is -2.63. The molecule has 4 N–H and O–H groups in total. The summed E-state index contributed by atoms with van der Waals surface area (Å²) >= 11 is 5.75. The van der Waals surface area contributed by atoms with Crippen molar-refractivity contribution in [3.63, 3.8) is 0 Å². The van der Waals surface area contributed by atoms with Crippen molar-refractivity contribution in [3.05, 3.63) is 64.1 Å². The lowest BCUT2D eigenvalue weighted by molar-refractivity contribution is -0.139. The number of hydrogen-bond acceptors (Lipinski definition) is 6. The number of rotatable bonds is 9. The molecule has 0 aliphatic rings. The first kappa shape index (κ1) is 25.6. The third kappa shape index (κ3) is 5.74. The van der Waals surface area contributed by atoms with E-state index in [1.54, 1.807) is 13.0 Å². The molecule has 0 bridgehead atoms. The molecule has 1 aromatic heterocycles. The Hall–Kier alpha value is -4.01. The standard InChI is InChI=1S/C23H22ClFN6O4/c1-13(12-32)30(10-19(33)28-9-15-3-2-4-17(24)21(15)25)20(34)11-31-18-6-5-14(8-26)7-16(18)22(29-31)23(27)35/h2-7,13,32H,9-12H2,1H3,(H2,27,35)(H,28,33)/t13-/m1/s1. The number of carbonyl (C=O) groups is 3. The van der Waals surface area contributed by atoms with Crippen LogP contribution in [0.15, 0.2) is 36.4 Å². The van der Waals surface area contributed by atoms with E-state index < -0.39 is 42.7 Å². The summed E-state index contributed by atoms with van der Waals surface area (Å²) in [7, 11) is 0. The fourth-order valence-electron chi connectivity index (χ4n) is 3.45. The number of primary amides is 1. The monoisotopic (exact) mass is 500 g/mol. The van der Waals surface area contributed by atoms with Crippen LogP contribution in [0, 0.1) is 17.1 Å². The molecule has 10 nitrogen and oxygen atoms in total. The lowest BCUT2D eigenvalue weighted by atomic mass is 10.1. The number of nitrogens with zero attached hydrogens (tertiary/aromatic N) is 4. The van der Waals surface area contributed by atoms with Crippen LogP contribution in [0.4, 0.5) is 4.39 Å². The first-order chi connectivity index (χ1) is 16.7. The summed E-state index contributed by atoms with van der Waals surface area (Å²) in [6.07, 6.45) is 0. The Kier molecular flexibility index (Phi) is 8.01. The highest BCUT2D eigenvalue weighted by molar-refractivity contribution is 6.30. The minimum atomic E-state index is -0.829. The van der Waals surface area contributed by atoms with E-state index in [9.17, 15) is 23.9 Å². The molecule has 0 radical (unpaired) electrons. The molecule has 0 spiro atoms. The van der Waals surface area contributed by atoms with Crippen LogP contribution in [0.5, 0.6) is 0 Å². The van der Waals surface area contributed by atoms with Crippen LogP contribution in [0.3, 0.4) is 0 Å². The molecule has 0 unspecified atom stereocenters. The number of benzene rings is 2. The van der Waals surface area contributed by atoms with Crippen LogP contribution in [-0.2, 0) is 22.7 Å². The average Bonchev–Trinajstić information content (AvgIpc) is 3.20. The summed E-state index contributed by atoms with van der Waals surface area (Å²) < 4.78 is 15.3. The van der Waals surface area contributed by atoms with Gasteiger partial charge in [0, 0.05) is 17.5 Å². The molecule has 35 heavy (non-hydrogen) atoms. The van der Waals surface area contributed by atoms with E-state index in [2.05, 4.69) is 10.4 Å². The number of nitriles is 1. The number of aromatic nitrogens is 2. The number of aliphatic hydroxyl groups excluding tert-OH is 1. The van der Waals surface area contributed by atoms with Gasteiger partial charge in [-0.05, 0) is 31.2 Å². The lowest BCUT2D eigenvalue weighted by Crippen LogP contribution is -2.47. The normalized spacial score (nSPS) is 11.6. The van der Waals surface area contributed by atoms with Crippen LogP contribution in [0.2, 0.25) is 5.02 Å². The zero-order valence-electron chi connectivity index (χ0n) is 18.7. The first-order valence-electron chi connectivity index (χ1n) is 10.5. The van der Waals surface area contributed by atoms with Gasteiger partial charge >= 0.3 is 0 Å². The minimum Gasteiger partial charge on any atom is -0.394 e. The van der Waals surface area contributed by atoms with Gasteiger partial charge in [-0.15, -0.1) is 0 Å². The van der Waals surface area contributed by atoms with Crippen molar-refractivity contribution in [2.75, 3.05) is 13.2 Å². The maximum Gasteiger partial charge on any atom is 0.269 e. The van der Waals surface area contributed by atoms with Gasteiger partial charge in [0.25, 0.3) is 5.91 Å². The Balaban J connectivity index is 1.79. The summed E-state index contributed by atoms with van der Waals surface area (Å²) in [5.41, 5.74) is 6.15. The van der Waals surface area contributed by atoms with E-state index in [0.29, 0.717) is 10.9 Å². The molecule has 182 valence electrons. The van der Waals surface area contributed by atoms with Gasteiger partial charge in [-0.25, -0.2) is 4.39 Å². The molecule has 0 fully saturated rings. The van der Waals surface area contributed by atoms with Crippen LogP contribution in [0.1, 0.15) is 28.5 Å². The maximum absolute atomic E-state index is 14.1. The van der Waals surface area contributed by atoms with Crippen molar-refractivity contribution in [2.45, 2.75) is 26.1 Å². The molecule has 0 saturated heterocycles. The van der Waals surface area contributed by atoms with E-state index >= 15 is 0 Å². The quantitative estimate of drug-likeness (QED) is 0.402. The van der Waals surface area contributed by atoms with Crippen molar-refractivity contribution >= 4 is 40.2 Å². The number of carbonyl (C=O) groups excluding carboxylic acids is 3. The van der Waals surface area contributed by atoms with E-state index in [1.807, 2.05) is 6.07 Å². The third-order valence-corrected chi connectivity index (χ3v) is 5.63. The number of aliphatic hydroxyl groups is 1. The number of fused-ring (bicyclic) bond motifs is 1. The van der Waals surface area contributed by atoms with Crippen LogP contribution in [-0.4, -0.2) is 56.7 Å². The maximum atomic E-state index is 14.1. The zero-order valence-corrected chi connectivity index (χ0v) is 19.4. The SMILES string of the molecule is C[C@H](CO)N(CC(=O)NCc1cccc(Cl)c1F)C(=O)Cn1nc(C(N)=O)c2cc(C#N)ccc21. The Bertz CT molecular complexity index is 1340. The molecule has 12 heteroatoms. The molecule has 0 aliphatic heterocycles. The van der Waals surface area contributed by atoms with Gasteiger partial charge in [0.1, 0.15) is 12.4 Å². The summed E-state index contributed by atoms with van der Waals surface area (Å²) in [5, 5.41) is 25.6. The van der Waals surface area contributed by atoms with Gasteiger partial charge < -0.3 is 21.1 Å². The molecule has 1 heterocycles. The van der Waals surface area contributed by atoms with Crippen LogP contribution < -0.4 is 11.1 Å². The van der Waals surface area contributed by atoms with Crippen molar-refractivity contribution in [1.82, 2.24) is 20.0 Å². The van der Waals surface area contributed by atoms with Crippen LogP contribution in [0.25, 0.3) is 10.9 Å². The Morgan fingerprint density at radius 2 is 2.09 bits per heavy atom. The number of nitrogens with one attached hydrogen (secondary N) is 1. The van der Waals surface area contributed by atoms with Crippen molar-refractivity contribution in [1.29, 1.82) is 5.26 Å². The number of halogens is 2. The highest BCUT2D eigenvalue weighted by atomic mass is 35.5. The van der Waals surface area contributed by atoms with Gasteiger partial charge in [-0.3, -0.25) is 19.1 Å². The van der Waals surface area contributed by atoms with Crippen molar-refractivity contribution < 1.29 is 23.9 Å². The second-order valence-electron chi connectivity index (χ2n) is 7.76. The fourth-order valence-corrected chi connectivity index (χ4v) is 3.64. The second kappa shape index (κ2) is 10.9. The highest BCUT2D eigenvalue weighted by Crippen LogP contribution is 2.21. The summed E-state index contributed by atoms with van der Waals surface area (Å²) in [4.78, 5) is 38.6. The van der Waals surface area contributed by atoms with Crippen LogP contribution >= 0.6 is 11.6 Å². The molecule has 0 aliphatic carbocycles. The first-order valence-corrected chi connectivity index (χ1v) is 10.8. The van der Waals surface area contributed by atoms with Crippen molar-refractivity contribution in [3.8, 4) is 6.07 Å². The number of nitrogens with two attached hydrogens (primary N) is 1. The smallest absolute Gasteiger partial charge is 0.269 e. The molecular weight excluding hydrogens is 479 g/mol. The zero-order chi connectivity index (χ0) is 25.7. The van der Waals surface area contributed by atoms with Gasteiger partial charge in [-0.2, -0.15) is 10.4 Å². The molecule has 1 atom stereocenters. The fraction of sp³-hybridized carbons (Fsp3) is 0.261. The topological polar surface area (TPSA) is 154 Å². The van der Waals surface area contributed by atoms with E-state index in [4.69, 9.17) is 22.6 Å². The largest absolute Gasteiger partial charge is 0.394 e. The van der Waals surface area contributed by atoms with Gasteiger partial charge in [0.2, 0.25) is 11.8 Å². The molecule has 0 saturated carbocycles. The van der Waals surface area contributed by atoms with E-state index in [1.165, 1.54) is 35.0 Å². The predicted octanol–water partition coefficient (Wildman–Crippen LogP) is 1.33. The number of amides is 3. The molecular formula is C23H22ClFN6O4. The van der Waals surface area contributed by atoms with Crippen molar-refractivity contribution in [2.24, 2.45) is 5.73 Å². The van der Waals surface area contributed by atoms with E-state index in [0.717, 1.165) is 4.90 Å². The predicted molar refractivity (Wildman–Crippen MR) is 124 cm³/mol. The molecule has 3 aromatic rings. The van der Waals surface area contributed by atoms with E-state index in [-0.39, 0.29) is 34.9 Å². The number of hydrogen-bond donors (Lipinski definition) is 3. The average molecular weight is 501 g/mol. The van der Waals surface area contributed by atoms with Gasteiger partial charge in [0.15, 0.2) is 5.69 Å². The minimum absolute atomic E-state index is 0.0777. The third-order valence-electron chi connectivity index (χ3n) is 5.34. The van der Waals surface area contributed by atoms with Gasteiger partial charge in [0.05, 0.1) is 41.4 Å². The highest BCUT2D eigenvalue weighted by Gasteiger charge is 2.25. The Morgan fingerprint density at radius 1 is 1.34 bits per heavy atom.